The third-order valence-electron chi connectivity index (χ3n) is 4.55. The van der Waals surface area contributed by atoms with Crippen LogP contribution in [-0.2, 0) is 11.3 Å². The number of nitrogens with one attached hydrogen (secondary N) is 1. The molecule has 0 aliphatic carbocycles. The van der Waals surface area contributed by atoms with E-state index in [1.165, 1.54) is 23.9 Å². The maximum atomic E-state index is 13.2. The van der Waals surface area contributed by atoms with Gasteiger partial charge in [0.2, 0.25) is 5.91 Å². The molecular weight excluding hydrogens is 377 g/mol. The fourth-order valence-corrected chi connectivity index (χ4v) is 3.21. The average molecular weight is 402 g/mol. The van der Waals surface area contributed by atoms with E-state index in [0.29, 0.717) is 17.5 Å². The number of carbonyl (C=O) groups excluding carboxylic acids is 1. The lowest BCUT2D eigenvalue weighted by molar-refractivity contribution is -0.121. The monoisotopic (exact) mass is 401 g/mol. The lowest BCUT2D eigenvalue weighted by Crippen LogP contribution is -2.51. The van der Waals surface area contributed by atoms with Gasteiger partial charge in [-0.05, 0) is 44.0 Å². The minimum Gasteiger partial charge on any atom is -0.337 e. The van der Waals surface area contributed by atoms with Gasteiger partial charge in [0.1, 0.15) is 11.4 Å². The molecule has 2 rings (SSSR count). The maximum absolute atomic E-state index is 13.2. The number of nitriles is 1. The van der Waals surface area contributed by atoms with E-state index in [-0.39, 0.29) is 17.6 Å². The molecule has 6 nitrogen and oxygen atoms in total. The molecule has 8 heteroatoms. The summed E-state index contributed by atoms with van der Waals surface area (Å²) in [4.78, 5) is 12.6. The highest BCUT2D eigenvalue weighted by Gasteiger charge is 2.32. The second-order valence-electron chi connectivity index (χ2n) is 6.93. The Morgan fingerprint density at radius 3 is 2.57 bits per heavy atom. The van der Waals surface area contributed by atoms with Crippen LogP contribution in [0.3, 0.4) is 0 Å². The number of rotatable bonds is 8. The highest BCUT2D eigenvalue weighted by molar-refractivity contribution is 8.00. The van der Waals surface area contributed by atoms with Crippen LogP contribution in [0.15, 0.2) is 42.1 Å². The minimum atomic E-state index is -0.944. The number of allylic oxidation sites excluding steroid dienone is 1. The molecule has 1 N–H and O–H groups in total. The predicted octanol–water partition coefficient (Wildman–Crippen LogP) is 3.81. The lowest BCUT2D eigenvalue weighted by atomic mass is 9.90. The summed E-state index contributed by atoms with van der Waals surface area (Å²) in [5.74, 6) is -0.0458. The predicted molar refractivity (Wildman–Crippen MR) is 108 cm³/mol. The molecular formula is C20H24FN5OS. The third-order valence-corrected chi connectivity index (χ3v) is 5.63. The second kappa shape index (κ2) is 9.02. The van der Waals surface area contributed by atoms with Gasteiger partial charge in [-0.25, -0.2) is 4.39 Å². The number of thioether (sulfide) groups is 1. The zero-order valence-electron chi connectivity index (χ0n) is 16.4. The highest BCUT2D eigenvalue weighted by atomic mass is 32.2. The van der Waals surface area contributed by atoms with Gasteiger partial charge >= 0.3 is 0 Å². The average Bonchev–Trinajstić information content (AvgIpc) is 3.04. The molecule has 1 amide bonds. The van der Waals surface area contributed by atoms with Crippen LogP contribution in [0.25, 0.3) is 11.4 Å². The van der Waals surface area contributed by atoms with E-state index in [4.69, 9.17) is 0 Å². The Morgan fingerprint density at radius 1 is 1.39 bits per heavy atom. The van der Waals surface area contributed by atoms with E-state index >= 15 is 0 Å². The molecule has 0 saturated carbocycles. The van der Waals surface area contributed by atoms with Gasteiger partial charge < -0.3 is 5.32 Å². The summed E-state index contributed by atoms with van der Waals surface area (Å²) >= 11 is 1.25. The summed E-state index contributed by atoms with van der Waals surface area (Å²) in [7, 11) is 0. The Labute approximate surface area is 168 Å². The van der Waals surface area contributed by atoms with Crippen LogP contribution in [-0.4, -0.2) is 31.5 Å². The minimum absolute atomic E-state index is 0.0341. The van der Waals surface area contributed by atoms with E-state index in [9.17, 15) is 14.4 Å². The number of nitrogens with zero attached hydrogens (tertiary/aromatic N) is 4. The number of aromatic nitrogens is 3. The molecule has 1 aromatic heterocycles. The molecule has 0 aliphatic heterocycles. The van der Waals surface area contributed by atoms with E-state index in [1.807, 2.05) is 18.4 Å². The molecule has 1 heterocycles. The quantitative estimate of drug-likeness (QED) is 0.537. The maximum Gasteiger partial charge on any atom is 0.234 e. The fourth-order valence-electron chi connectivity index (χ4n) is 2.35. The molecule has 0 unspecified atom stereocenters. The van der Waals surface area contributed by atoms with Crippen molar-refractivity contribution in [3.8, 4) is 17.5 Å². The van der Waals surface area contributed by atoms with Gasteiger partial charge in [0.15, 0.2) is 11.0 Å². The zero-order chi connectivity index (χ0) is 20.9. The van der Waals surface area contributed by atoms with Crippen LogP contribution in [0.4, 0.5) is 4.39 Å². The van der Waals surface area contributed by atoms with Crippen molar-refractivity contribution >= 4 is 17.7 Å². The first-order chi connectivity index (χ1) is 13.2. The standard InChI is InChI=1S/C20H24FN5OS/c1-6-11-26-17(15-7-9-16(21)10-8-15)24-25-19(26)28-14(4)18(27)23-20(5,12-22)13(2)3/h6-10,13-14H,1,11H2,2-5H3,(H,23,27)/t14-,20+/m1/s1. The first-order valence-electron chi connectivity index (χ1n) is 8.91. The van der Waals surface area contributed by atoms with Gasteiger partial charge in [-0.15, -0.1) is 16.8 Å². The van der Waals surface area contributed by atoms with Crippen LogP contribution >= 0.6 is 11.8 Å². The molecule has 1 aromatic carbocycles. The van der Waals surface area contributed by atoms with Crippen molar-refractivity contribution in [3.63, 3.8) is 0 Å². The zero-order valence-corrected chi connectivity index (χ0v) is 17.3. The van der Waals surface area contributed by atoms with Crippen molar-refractivity contribution in [2.75, 3.05) is 0 Å². The van der Waals surface area contributed by atoms with Gasteiger partial charge in [-0.3, -0.25) is 9.36 Å². The molecule has 28 heavy (non-hydrogen) atoms. The van der Waals surface area contributed by atoms with E-state index in [1.54, 1.807) is 32.1 Å². The molecule has 2 atom stereocenters. The van der Waals surface area contributed by atoms with Gasteiger partial charge in [-0.2, -0.15) is 5.26 Å². The molecule has 0 spiro atoms. The third kappa shape index (κ3) is 4.78. The van der Waals surface area contributed by atoms with Gasteiger partial charge in [0, 0.05) is 12.1 Å². The van der Waals surface area contributed by atoms with Crippen molar-refractivity contribution in [3.05, 3.63) is 42.7 Å². The molecule has 2 aromatic rings. The van der Waals surface area contributed by atoms with Crippen LogP contribution in [0, 0.1) is 23.1 Å². The lowest BCUT2D eigenvalue weighted by Gasteiger charge is -2.28. The summed E-state index contributed by atoms with van der Waals surface area (Å²) < 4.78 is 15.0. The number of hydrogen-bond donors (Lipinski definition) is 1. The van der Waals surface area contributed by atoms with Gasteiger partial charge in [0.25, 0.3) is 0 Å². The molecule has 0 aliphatic rings. The van der Waals surface area contributed by atoms with Crippen molar-refractivity contribution < 1.29 is 9.18 Å². The first-order valence-corrected chi connectivity index (χ1v) is 9.79. The van der Waals surface area contributed by atoms with Crippen molar-refractivity contribution in [2.24, 2.45) is 5.92 Å². The largest absolute Gasteiger partial charge is 0.337 e. The Morgan fingerprint density at radius 2 is 2.04 bits per heavy atom. The number of benzene rings is 1. The summed E-state index contributed by atoms with van der Waals surface area (Å²) in [5.41, 5.74) is -0.225. The number of halogens is 1. The van der Waals surface area contributed by atoms with Crippen molar-refractivity contribution in [2.45, 2.75) is 50.2 Å². The smallest absolute Gasteiger partial charge is 0.234 e. The van der Waals surface area contributed by atoms with Gasteiger partial charge in [0.05, 0.1) is 11.3 Å². The van der Waals surface area contributed by atoms with Crippen LogP contribution in [0.2, 0.25) is 0 Å². The summed E-state index contributed by atoms with van der Waals surface area (Å²) in [6.45, 7) is 11.4. The molecule has 0 bridgehead atoms. The second-order valence-corrected chi connectivity index (χ2v) is 8.24. The van der Waals surface area contributed by atoms with E-state index in [0.717, 1.165) is 5.56 Å². The normalized spacial score (nSPS) is 14.2. The van der Waals surface area contributed by atoms with Crippen molar-refractivity contribution in [1.82, 2.24) is 20.1 Å². The molecule has 0 radical (unpaired) electrons. The highest BCUT2D eigenvalue weighted by Crippen LogP contribution is 2.28. The fraction of sp³-hybridized carbons (Fsp3) is 0.400. The Balaban J connectivity index is 2.23. The SMILES string of the molecule is C=CCn1c(S[C@H](C)C(=O)N[C@@](C)(C#N)C(C)C)nnc1-c1ccc(F)cc1. The summed E-state index contributed by atoms with van der Waals surface area (Å²) in [6, 6.07) is 8.15. The first kappa shape index (κ1) is 21.6. The Kier molecular flexibility index (Phi) is 6.97. The summed E-state index contributed by atoms with van der Waals surface area (Å²) in [5, 5.41) is 20.7. The van der Waals surface area contributed by atoms with Gasteiger partial charge in [-0.1, -0.05) is 31.7 Å². The van der Waals surface area contributed by atoms with Crippen LogP contribution < -0.4 is 5.32 Å². The topological polar surface area (TPSA) is 83.6 Å². The van der Waals surface area contributed by atoms with Crippen molar-refractivity contribution in [1.29, 1.82) is 5.26 Å². The number of hydrogen-bond acceptors (Lipinski definition) is 5. The Hall–Kier alpha value is -2.66. The Bertz CT molecular complexity index is 887. The van der Waals surface area contributed by atoms with Crippen LogP contribution in [0.1, 0.15) is 27.7 Å². The molecule has 0 fully saturated rings. The molecule has 0 saturated heterocycles. The van der Waals surface area contributed by atoms with E-state index in [2.05, 4.69) is 28.2 Å². The van der Waals surface area contributed by atoms with E-state index < -0.39 is 10.8 Å². The number of carbonyl (C=O) groups is 1. The summed E-state index contributed by atoms with van der Waals surface area (Å²) in [6.07, 6.45) is 1.71. The number of amides is 1. The molecule has 148 valence electrons. The van der Waals surface area contributed by atoms with Crippen LogP contribution in [0.5, 0.6) is 0 Å².